The molecule has 0 aliphatic heterocycles. The fourth-order valence-corrected chi connectivity index (χ4v) is 7.19. The first-order chi connectivity index (χ1) is 20.0. The molecule has 1 atom stereocenters. The van der Waals surface area contributed by atoms with E-state index in [2.05, 4.69) is 5.32 Å². The molecule has 1 fully saturated rings. The summed E-state index contributed by atoms with van der Waals surface area (Å²) in [5.41, 5.74) is 2.45. The third-order valence-electron chi connectivity index (χ3n) is 7.78. The van der Waals surface area contributed by atoms with Crippen LogP contribution < -0.4 is 9.62 Å². The summed E-state index contributed by atoms with van der Waals surface area (Å²) in [5.74, 6) is -0.863. The number of hydrogen-bond donors (Lipinski definition) is 1. The molecule has 0 saturated heterocycles. The Labute approximate surface area is 258 Å². The molecule has 3 aromatic rings. The molecule has 0 unspecified atom stereocenters. The molecule has 1 N–H and O–H groups in total. The lowest BCUT2D eigenvalue weighted by Crippen LogP contribution is -2.53. The van der Waals surface area contributed by atoms with Crippen LogP contribution in [0.5, 0.6) is 0 Å². The van der Waals surface area contributed by atoms with Gasteiger partial charge in [-0.3, -0.25) is 13.9 Å². The van der Waals surface area contributed by atoms with Gasteiger partial charge in [-0.2, -0.15) is 0 Å². The maximum absolute atomic E-state index is 14.2. The number of rotatable bonds is 10. The van der Waals surface area contributed by atoms with Crippen LogP contribution in [0.25, 0.3) is 0 Å². The van der Waals surface area contributed by atoms with E-state index in [0.29, 0.717) is 26.9 Å². The monoisotopic (exact) mass is 629 g/mol. The molecule has 42 heavy (non-hydrogen) atoms. The highest BCUT2D eigenvalue weighted by Gasteiger charge is 2.34. The fraction of sp³-hybridized carbons (Fsp3) is 0.375. The van der Waals surface area contributed by atoms with Crippen molar-refractivity contribution in [2.24, 2.45) is 0 Å². The van der Waals surface area contributed by atoms with Gasteiger partial charge in [-0.1, -0.05) is 84.4 Å². The van der Waals surface area contributed by atoms with Gasteiger partial charge in [-0.05, 0) is 69.5 Å². The number of sulfonamides is 1. The van der Waals surface area contributed by atoms with Gasteiger partial charge in [0.05, 0.1) is 10.6 Å². The Kier molecular flexibility index (Phi) is 10.6. The number of amides is 2. The molecule has 0 heterocycles. The third-order valence-corrected chi connectivity index (χ3v) is 10.3. The van der Waals surface area contributed by atoms with Crippen molar-refractivity contribution in [3.05, 3.63) is 93.5 Å². The smallest absolute Gasteiger partial charge is 0.264 e. The fourth-order valence-electron chi connectivity index (χ4n) is 5.20. The number of hydrogen-bond acceptors (Lipinski definition) is 4. The molecule has 7 nitrogen and oxygen atoms in total. The summed E-state index contributed by atoms with van der Waals surface area (Å²) in [6.45, 7) is 4.72. The SMILES string of the molecule is Cc1ccc(S(=O)(=O)N(CC(=O)N(Cc2c(Cl)cccc2Cl)[C@@H](C)C(=O)NC2CCCCC2)c2ccccc2C)cc1. The Hall–Kier alpha value is -3.07. The first-order valence-electron chi connectivity index (χ1n) is 14.2. The summed E-state index contributed by atoms with van der Waals surface area (Å²) in [6.07, 6.45) is 5.00. The van der Waals surface area contributed by atoms with Crippen LogP contribution in [-0.4, -0.2) is 43.8 Å². The second-order valence-electron chi connectivity index (χ2n) is 10.9. The number of aryl methyl sites for hydroxylation is 2. The summed E-state index contributed by atoms with van der Waals surface area (Å²) >= 11 is 13.0. The van der Waals surface area contributed by atoms with E-state index in [4.69, 9.17) is 23.2 Å². The number of anilines is 1. The average molecular weight is 631 g/mol. The standard InChI is InChI=1S/C32H37Cl2N3O4S/c1-22-16-18-26(19-17-22)42(40,41)37(30-15-8-7-10-23(30)2)21-31(38)36(20-27-28(33)13-9-14-29(27)34)24(3)32(39)35-25-11-5-4-6-12-25/h7-10,13-19,24-25H,4-6,11-12,20-21H2,1-3H3,(H,35,39)/t24-/m0/s1. The minimum absolute atomic E-state index is 0.0416. The van der Waals surface area contributed by atoms with Gasteiger partial charge in [0.2, 0.25) is 11.8 Å². The van der Waals surface area contributed by atoms with Crippen LogP contribution in [0.15, 0.2) is 71.6 Å². The van der Waals surface area contributed by atoms with Gasteiger partial charge in [0.15, 0.2) is 0 Å². The summed E-state index contributed by atoms with van der Waals surface area (Å²) in [6, 6.07) is 17.7. The third kappa shape index (κ3) is 7.46. The van der Waals surface area contributed by atoms with Crippen molar-refractivity contribution >= 4 is 50.7 Å². The molecule has 0 spiro atoms. The van der Waals surface area contributed by atoms with E-state index in [-0.39, 0.29) is 23.4 Å². The zero-order valence-electron chi connectivity index (χ0n) is 24.1. The predicted molar refractivity (Wildman–Crippen MR) is 168 cm³/mol. The van der Waals surface area contributed by atoms with E-state index >= 15 is 0 Å². The van der Waals surface area contributed by atoms with Gasteiger partial charge in [0.25, 0.3) is 10.0 Å². The number of nitrogens with zero attached hydrogens (tertiary/aromatic N) is 2. The van der Waals surface area contributed by atoms with E-state index in [9.17, 15) is 18.0 Å². The van der Waals surface area contributed by atoms with Crippen LogP contribution >= 0.6 is 23.2 Å². The topological polar surface area (TPSA) is 86.8 Å². The van der Waals surface area contributed by atoms with Gasteiger partial charge in [0, 0.05) is 28.2 Å². The quantitative estimate of drug-likeness (QED) is 0.271. The molecule has 2 amide bonds. The summed E-state index contributed by atoms with van der Waals surface area (Å²) in [7, 11) is -4.15. The molecule has 4 rings (SSSR count). The maximum atomic E-state index is 14.2. The zero-order chi connectivity index (χ0) is 30.4. The number of carbonyl (C=O) groups is 2. The minimum Gasteiger partial charge on any atom is -0.352 e. The highest BCUT2D eigenvalue weighted by molar-refractivity contribution is 7.92. The molecule has 0 bridgehead atoms. The molecular weight excluding hydrogens is 593 g/mol. The van der Waals surface area contributed by atoms with Crippen LogP contribution in [0.1, 0.15) is 55.7 Å². The number of halogens is 2. The van der Waals surface area contributed by atoms with E-state index in [0.717, 1.165) is 42.0 Å². The van der Waals surface area contributed by atoms with E-state index < -0.39 is 28.5 Å². The van der Waals surface area contributed by atoms with Gasteiger partial charge in [0.1, 0.15) is 12.6 Å². The van der Waals surface area contributed by atoms with Crippen molar-refractivity contribution in [3.8, 4) is 0 Å². The van der Waals surface area contributed by atoms with Gasteiger partial charge in [-0.15, -0.1) is 0 Å². The lowest BCUT2D eigenvalue weighted by atomic mass is 9.95. The van der Waals surface area contributed by atoms with Gasteiger partial charge < -0.3 is 10.2 Å². The predicted octanol–water partition coefficient (Wildman–Crippen LogP) is 6.67. The molecule has 0 aromatic heterocycles. The van der Waals surface area contributed by atoms with E-state index in [1.807, 2.05) is 6.92 Å². The Morgan fingerprint density at radius 1 is 0.905 bits per heavy atom. The van der Waals surface area contributed by atoms with Crippen LogP contribution in [0.3, 0.4) is 0 Å². The normalized spacial score (nSPS) is 14.7. The van der Waals surface area contributed by atoms with Crippen LogP contribution in [0, 0.1) is 13.8 Å². The second-order valence-corrected chi connectivity index (χ2v) is 13.5. The molecule has 224 valence electrons. The molecule has 1 aliphatic rings. The number of benzene rings is 3. The highest BCUT2D eigenvalue weighted by Crippen LogP contribution is 2.30. The summed E-state index contributed by atoms with van der Waals surface area (Å²) in [5, 5.41) is 3.79. The van der Waals surface area contributed by atoms with Crippen molar-refractivity contribution in [1.82, 2.24) is 10.2 Å². The summed E-state index contributed by atoms with van der Waals surface area (Å²) in [4.78, 5) is 29.1. The van der Waals surface area contributed by atoms with Crippen molar-refractivity contribution in [3.63, 3.8) is 0 Å². The molecule has 1 saturated carbocycles. The Morgan fingerprint density at radius 2 is 1.52 bits per heavy atom. The lowest BCUT2D eigenvalue weighted by Gasteiger charge is -2.34. The first-order valence-corrected chi connectivity index (χ1v) is 16.4. The van der Waals surface area contributed by atoms with Crippen molar-refractivity contribution in [1.29, 1.82) is 0 Å². The Bertz CT molecular complexity index is 1500. The number of para-hydroxylation sites is 1. The Balaban J connectivity index is 1.72. The maximum Gasteiger partial charge on any atom is 0.264 e. The van der Waals surface area contributed by atoms with Crippen LogP contribution in [0.2, 0.25) is 10.0 Å². The summed E-state index contributed by atoms with van der Waals surface area (Å²) < 4.78 is 29.2. The van der Waals surface area contributed by atoms with Crippen molar-refractivity contribution < 1.29 is 18.0 Å². The van der Waals surface area contributed by atoms with Crippen LogP contribution in [0.4, 0.5) is 5.69 Å². The number of carbonyl (C=O) groups excluding carboxylic acids is 2. The molecule has 10 heteroatoms. The molecule has 1 aliphatic carbocycles. The average Bonchev–Trinajstić information content (AvgIpc) is 2.96. The van der Waals surface area contributed by atoms with E-state index in [1.54, 1.807) is 68.4 Å². The van der Waals surface area contributed by atoms with Crippen molar-refractivity contribution in [2.75, 3.05) is 10.8 Å². The Morgan fingerprint density at radius 3 is 2.14 bits per heavy atom. The second kappa shape index (κ2) is 13.9. The lowest BCUT2D eigenvalue weighted by molar-refractivity contribution is -0.139. The van der Waals surface area contributed by atoms with Crippen molar-refractivity contribution in [2.45, 2.75) is 76.4 Å². The van der Waals surface area contributed by atoms with Gasteiger partial charge >= 0.3 is 0 Å². The first kappa shape index (κ1) is 31.9. The zero-order valence-corrected chi connectivity index (χ0v) is 26.5. The van der Waals surface area contributed by atoms with Gasteiger partial charge in [-0.25, -0.2) is 8.42 Å². The molecule has 3 aromatic carbocycles. The largest absolute Gasteiger partial charge is 0.352 e. The highest BCUT2D eigenvalue weighted by atomic mass is 35.5. The minimum atomic E-state index is -4.15. The van der Waals surface area contributed by atoms with Crippen LogP contribution in [-0.2, 0) is 26.2 Å². The van der Waals surface area contributed by atoms with E-state index in [1.165, 1.54) is 17.0 Å². The molecule has 0 radical (unpaired) electrons. The molecular formula is C32H37Cl2N3O4S. The number of nitrogens with one attached hydrogen (secondary N) is 1.